The molecule has 1 aliphatic rings. The van der Waals surface area contributed by atoms with E-state index in [1.807, 2.05) is 18.9 Å². The third-order valence-corrected chi connectivity index (χ3v) is 5.41. The van der Waals surface area contributed by atoms with E-state index in [0.717, 1.165) is 18.8 Å². The van der Waals surface area contributed by atoms with Gasteiger partial charge in [0.2, 0.25) is 5.91 Å². The summed E-state index contributed by atoms with van der Waals surface area (Å²) in [7, 11) is 1.93. The fourth-order valence-electron chi connectivity index (χ4n) is 2.28. The lowest BCUT2D eigenvalue weighted by molar-refractivity contribution is -0.129. The molecule has 2 atom stereocenters. The molecule has 2 unspecified atom stereocenters. The number of rotatable bonds is 5. The number of thioether (sulfide) groups is 1. The van der Waals surface area contributed by atoms with Crippen molar-refractivity contribution in [1.29, 1.82) is 0 Å². The predicted octanol–water partition coefficient (Wildman–Crippen LogP) is 2.53. The molecule has 3 nitrogen and oxygen atoms in total. The Morgan fingerprint density at radius 1 is 1.33 bits per heavy atom. The van der Waals surface area contributed by atoms with Crippen LogP contribution in [0, 0.1) is 5.92 Å². The van der Waals surface area contributed by atoms with Crippen LogP contribution in [0.4, 0.5) is 0 Å². The Kier molecular flexibility index (Phi) is 6.50. The van der Waals surface area contributed by atoms with Gasteiger partial charge in [-0.3, -0.25) is 4.79 Å². The summed E-state index contributed by atoms with van der Waals surface area (Å²) in [5.41, 5.74) is 0. The van der Waals surface area contributed by atoms with E-state index in [9.17, 15) is 9.90 Å². The van der Waals surface area contributed by atoms with E-state index in [1.165, 1.54) is 12.8 Å². The molecule has 0 saturated heterocycles. The standard InChI is InChI=1S/C14H27NO2S/c1-10-5-7-13(8-6-10)15(4)14(17)9-18-12(3)11(2)16/h10-13,16H,5-9H2,1-4H3. The van der Waals surface area contributed by atoms with Gasteiger partial charge in [-0.2, -0.15) is 0 Å². The summed E-state index contributed by atoms with van der Waals surface area (Å²) in [6, 6.07) is 0.427. The third kappa shape index (κ3) is 4.81. The highest BCUT2D eigenvalue weighted by molar-refractivity contribution is 8.00. The second kappa shape index (κ2) is 7.39. The maximum Gasteiger partial charge on any atom is 0.232 e. The number of aliphatic hydroxyl groups excluding tert-OH is 1. The van der Waals surface area contributed by atoms with Crippen LogP contribution in [-0.4, -0.2) is 46.1 Å². The summed E-state index contributed by atoms with van der Waals surface area (Å²) < 4.78 is 0. The van der Waals surface area contributed by atoms with Crippen LogP contribution in [0.2, 0.25) is 0 Å². The molecule has 1 rings (SSSR count). The van der Waals surface area contributed by atoms with Crippen LogP contribution in [0.1, 0.15) is 46.5 Å². The van der Waals surface area contributed by atoms with Gasteiger partial charge in [0, 0.05) is 18.3 Å². The molecular formula is C14H27NO2S. The van der Waals surface area contributed by atoms with Gasteiger partial charge in [0.05, 0.1) is 11.9 Å². The van der Waals surface area contributed by atoms with Crippen molar-refractivity contribution in [3.8, 4) is 0 Å². The SMILES string of the molecule is CC1CCC(N(C)C(=O)CSC(C)C(C)O)CC1. The summed E-state index contributed by atoms with van der Waals surface area (Å²) in [6.07, 6.45) is 4.39. The molecule has 0 spiro atoms. The molecule has 1 saturated carbocycles. The van der Waals surface area contributed by atoms with Gasteiger partial charge in [-0.25, -0.2) is 0 Å². The lowest BCUT2D eigenvalue weighted by Gasteiger charge is -2.33. The lowest BCUT2D eigenvalue weighted by atomic mass is 9.87. The van der Waals surface area contributed by atoms with E-state index >= 15 is 0 Å². The zero-order valence-corrected chi connectivity index (χ0v) is 12.9. The first-order chi connectivity index (χ1) is 8.41. The average Bonchev–Trinajstić information content (AvgIpc) is 2.35. The Hall–Kier alpha value is -0.220. The molecule has 0 aromatic rings. The molecule has 1 amide bonds. The normalized spacial score (nSPS) is 27.6. The van der Waals surface area contributed by atoms with Crippen LogP contribution in [0.25, 0.3) is 0 Å². The topological polar surface area (TPSA) is 40.5 Å². The molecule has 106 valence electrons. The minimum absolute atomic E-state index is 0.119. The van der Waals surface area contributed by atoms with Crippen molar-refractivity contribution in [1.82, 2.24) is 4.90 Å². The van der Waals surface area contributed by atoms with E-state index in [0.29, 0.717) is 11.8 Å². The molecule has 1 aliphatic carbocycles. The number of hydrogen-bond acceptors (Lipinski definition) is 3. The molecule has 4 heteroatoms. The molecule has 1 fully saturated rings. The van der Waals surface area contributed by atoms with Gasteiger partial charge < -0.3 is 10.0 Å². The van der Waals surface area contributed by atoms with E-state index in [-0.39, 0.29) is 17.3 Å². The average molecular weight is 273 g/mol. The smallest absolute Gasteiger partial charge is 0.232 e. The van der Waals surface area contributed by atoms with Crippen LogP contribution < -0.4 is 0 Å². The van der Waals surface area contributed by atoms with Crippen molar-refractivity contribution in [2.75, 3.05) is 12.8 Å². The number of aliphatic hydroxyl groups is 1. The van der Waals surface area contributed by atoms with E-state index in [1.54, 1.807) is 18.7 Å². The van der Waals surface area contributed by atoms with Gasteiger partial charge in [-0.05, 0) is 38.5 Å². The summed E-state index contributed by atoms with van der Waals surface area (Å²) >= 11 is 1.54. The highest BCUT2D eigenvalue weighted by atomic mass is 32.2. The van der Waals surface area contributed by atoms with Crippen molar-refractivity contribution >= 4 is 17.7 Å². The molecule has 0 heterocycles. The minimum Gasteiger partial charge on any atom is -0.392 e. The second-order valence-electron chi connectivity index (χ2n) is 5.68. The molecular weight excluding hydrogens is 246 g/mol. The molecule has 0 bridgehead atoms. The van der Waals surface area contributed by atoms with Gasteiger partial charge in [0.25, 0.3) is 0 Å². The number of amides is 1. The van der Waals surface area contributed by atoms with Gasteiger partial charge >= 0.3 is 0 Å². The van der Waals surface area contributed by atoms with E-state index in [2.05, 4.69) is 6.92 Å². The highest BCUT2D eigenvalue weighted by Gasteiger charge is 2.25. The van der Waals surface area contributed by atoms with Crippen molar-refractivity contribution in [2.45, 2.75) is 63.9 Å². The minimum atomic E-state index is -0.358. The quantitative estimate of drug-likeness (QED) is 0.837. The Morgan fingerprint density at radius 2 is 1.89 bits per heavy atom. The zero-order chi connectivity index (χ0) is 13.7. The van der Waals surface area contributed by atoms with Crippen LogP contribution in [0.3, 0.4) is 0 Å². The Morgan fingerprint density at radius 3 is 2.39 bits per heavy atom. The van der Waals surface area contributed by atoms with Crippen molar-refractivity contribution in [3.05, 3.63) is 0 Å². The third-order valence-electron chi connectivity index (χ3n) is 4.08. The van der Waals surface area contributed by atoms with E-state index in [4.69, 9.17) is 0 Å². The fourth-order valence-corrected chi connectivity index (χ4v) is 3.16. The maximum atomic E-state index is 12.1. The van der Waals surface area contributed by atoms with Crippen LogP contribution >= 0.6 is 11.8 Å². The highest BCUT2D eigenvalue weighted by Crippen LogP contribution is 2.27. The Bertz CT molecular complexity index is 263. The van der Waals surface area contributed by atoms with Crippen molar-refractivity contribution in [2.24, 2.45) is 5.92 Å². The molecule has 0 radical (unpaired) electrons. The second-order valence-corrected chi connectivity index (χ2v) is 7.04. The van der Waals surface area contributed by atoms with Crippen LogP contribution in [-0.2, 0) is 4.79 Å². The Balaban J connectivity index is 2.32. The molecule has 0 aromatic heterocycles. The first-order valence-corrected chi connectivity index (χ1v) is 8.02. The first kappa shape index (κ1) is 15.8. The maximum absolute atomic E-state index is 12.1. The molecule has 0 aromatic carbocycles. The lowest BCUT2D eigenvalue weighted by Crippen LogP contribution is -2.40. The summed E-state index contributed by atoms with van der Waals surface area (Å²) in [4.78, 5) is 14.0. The largest absolute Gasteiger partial charge is 0.392 e. The van der Waals surface area contributed by atoms with Gasteiger partial charge in [0.15, 0.2) is 0 Å². The van der Waals surface area contributed by atoms with Crippen LogP contribution in [0.15, 0.2) is 0 Å². The molecule has 1 N–H and O–H groups in total. The number of hydrogen-bond donors (Lipinski definition) is 1. The summed E-state index contributed by atoms with van der Waals surface area (Å²) in [5.74, 6) is 1.50. The fraction of sp³-hybridized carbons (Fsp3) is 0.929. The first-order valence-electron chi connectivity index (χ1n) is 6.97. The van der Waals surface area contributed by atoms with E-state index < -0.39 is 0 Å². The monoisotopic (exact) mass is 273 g/mol. The number of nitrogens with zero attached hydrogens (tertiary/aromatic N) is 1. The summed E-state index contributed by atoms with van der Waals surface area (Å²) in [5, 5.41) is 9.52. The zero-order valence-electron chi connectivity index (χ0n) is 12.1. The Labute approximate surface area is 115 Å². The molecule has 0 aliphatic heterocycles. The molecule has 18 heavy (non-hydrogen) atoms. The number of carbonyl (C=O) groups excluding carboxylic acids is 1. The number of carbonyl (C=O) groups is 1. The van der Waals surface area contributed by atoms with Crippen LogP contribution in [0.5, 0.6) is 0 Å². The van der Waals surface area contributed by atoms with Crippen molar-refractivity contribution < 1.29 is 9.90 Å². The summed E-state index contributed by atoms with van der Waals surface area (Å²) in [6.45, 7) is 6.03. The van der Waals surface area contributed by atoms with Gasteiger partial charge in [-0.1, -0.05) is 13.8 Å². The van der Waals surface area contributed by atoms with Crippen molar-refractivity contribution in [3.63, 3.8) is 0 Å². The van der Waals surface area contributed by atoms with Gasteiger partial charge in [0.1, 0.15) is 0 Å². The van der Waals surface area contributed by atoms with Gasteiger partial charge in [-0.15, -0.1) is 11.8 Å². The predicted molar refractivity (Wildman–Crippen MR) is 77.8 cm³/mol.